The van der Waals surface area contributed by atoms with Crippen LogP contribution in [0.25, 0.3) is 0 Å². The van der Waals surface area contributed by atoms with Gasteiger partial charge in [-0.2, -0.15) is 5.10 Å². The van der Waals surface area contributed by atoms with Gasteiger partial charge in [0.05, 0.1) is 24.8 Å². The molecule has 2 aromatic rings. The van der Waals surface area contributed by atoms with Crippen LogP contribution >= 0.6 is 0 Å². The predicted molar refractivity (Wildman–Crippen MR) is 111 cm³/mol. The number of benzene rings is 2. The van der Waals surface area contributed by atoms with E-state index in [1.54, 1.807) is 36.2 Å². The van der Waals surface area contributed by atoms with E-state index in [0.29, 0.717) is 42.3 Å². The van der Waals surface area contributed by atoms with E-state index in [-0.39, 0.29) is 18.0 Å². The molecule has 0 radical (unpaired) electrons. The Kier molecular flexibility index (Phi) is 4.91. The molecule has 2 aromatic carbocycles. The fourth-order valence-electron chi connectivity index (χ4n) is 3.91. The van der Waals surface area contributed by atoms with Crippen molar-refractivity contribution in [2.45, 2.75) is 31.6 Å². The third-order valence-electron chi connectivity index (χ3n) is 5.60. The molecule has 3 aliphatic rings. The number of hydrogen-bond acceptors (Lipinski definition) is 5. The van der Waals surface area contributed by atoms with Gasteiger partial charge in [-0.05, 0) is 36.8 Å². The number of rotatable bonds is 3. The van der Waals surface area contributed by atoms with E-state index in [0.717, 1.165) is 6.07 Å². The molecule has 0 saturated carbocycles. The number of halogens is 2. The van der Waals surface area contributed by atoms with Gasteiger partial charge in [-0.15, -0.1) is 0 Å². The minimum Gasteiger partial charge on any atom is -0.487 e. The van der Waals surface area contributed by atoms with Gasteiger partial charge in [0.25, 0.3) is 5.91 Å². The summed E-state index contributed by atoms with van der Waals surface area (Å²) in [4.78, 5) is 26.2. The molecule has 3 heterocycles. The molecule has 3 amide bonds. The summed E-state index contributed by atoms with van der Waals surface area (Å²) in [5, 5.41) is 8.12. The normalized spacial score (nSPS) is 22.2. The summed E-state index contributed by atoms with van der Waals surface area (Å²) < 4.78 is 38.6. The SMILES string of the molecule is CC1Oc2ccc(OC3CN(C(=O)N4N=CC[C@H]4c4cc(F)cc(F)c4)C3)cc2NC1=O. The monoisotopic (exact) mass is 442 g/mol. The second-order valence-electron chi connectivity index (χ2n) is 7.93. The zero-order valence-corrected chi connectivity index (χ0v) is 17.1. The Labute approximate surface area is 182 Å². The third kappa shape index (κ3) is 3.72. The minimum absolute atomic E-state index is 0.228. The van der Waals surface area contributed by atoms with Crippen LogP contribution in [0, 0.1) is 11.6 Å². The van der Waals surface area contributed by atoms with Gasteiger partial charge >= 0.3 is 6.03 Å². The third-order valence-corrected chi connectivity index (χ3v) is 5.60. The number of carbonyl (C=O) groups excluding carboxylic acids is 2. The standard InChI is InChI=1S/C22H20F2N4O4/c1-12-21(29)26-18-9-16(2-3-20(18)31-12)32-17-10-27(11-17)22(30)28-19(4-5-25-28)13-6-14(23)8-15(24)7-13/h2-3,5-9,12,17,19H,4,10-11H2,1H3,(H,26,29)/t12?,19-/m0/s1. The van der Waals surface area contributed by atoms with E-state index in [1.165, 1.54) is 17.1 Å². The molecule has 0 bridgehead atoms. The van der Waals surface area contributed by atoms with Crippen LogP contribution in [0.2, 0.25) is 0 Å². The maximum absolute atomic E-state index is 13.6. The molecule has 0 aliphatic carbocycles. The zero-order valence-electron chi connectivity index (χ0n) is 17.1. The Morgan fingerprint density at radius 1 is 1.19 bits per heavy atom. The zero-order chi connectivity index (χ0) is 22.4. The number of anilines is 1. The van der Waals surface area contributed by atoms with Gasteiger partial charge in [0.1, 0.15) is 29.2 Å². The van der Waals surface area contributed by atoms with Crippen LogP contribution in [0.4, 0.5) is 19.3 Å². The number of urea groups is 1. The van der Waals surface area contributed by atoms with Crippen molar-refractivity contribution >= 4 is 23.8 Å². The fourth-order valence-corrected chi connectivity index (χ4v) is 3.91. The van der Waals surface area contributed by atoms with E-state index < -0.39 is 23.8 Å². The average molecular weight is 442 g/mol. The number of carbonyl (C=O) groups is 2. The Hall–Kier alpha value is -3.69. The molecular weight excluding hydrogens is 422 g/mol. The summed E-state index contributed by atoms with van der Waals surface area (Å²) >= 11 is 0. The van der Waals surface area contributed by atoms with E-state index in [2.05, 4.69) is 10.4 Å². The smallest absolute Gasteiger partial charge is 0.341 e. The number of amides is 3. The predicted octanol–water partition coefficient (Wildman–Crippen LogP) is 3.30. The van der Waals surface area contributed by atoms with Gasteiger partial charge in [0.15, 0.2) is 6.10 Å². The number of fused-ring (bicyclic) bond motifs is 1. The van der Waals surface area contributed by atoms with Crippen molar-refractivity contribution in [3.05, 3.63) is 53.6 Å². The second kappa shape index (κ2) is 7.77. The first-order valence-corrected chi connectivity index (χ1v) is 10.2. The van der Waals surface area contributed by atoms with Gasteiger partial charge in [-0.3, -0.25) is 4.79 Å². The number of hydrazone groups is 1. The second-order valence-corrected chi connectivity index (χ2v) is 7.93. The van der Waals surface area contributed by atoms with E-state index in [4.69, 9.17) is 9.47 Å². The molecule has 0 spiro atoms. The van der Waals surface area contributed by atoms with E-state index in [1.807, 2.05) is 0 Å². The average Bonchev–Trinajstić information content (AvgIpc) is 3.20. The number of hydrogen-bond donors (Lipinski definition) is 1. The van der Waals surface area contributed by atoms with Gasteiger partial charge in [0, 0.05) is 24.8 Å². The van der Waals surface area contributed by atoms with Gasteiger partial charge in [-0.1, -0.05) is 0 Å². The van der Waals surface area contributed by atoms with Gasteiger partial charge in [0.2, 0.25) is 0 Å². The van der Waals surface area contributed by atoms with Crippen LogP contribution in [0.1, 0.15) is 24.9 Å². The molecule has 3 aliphatic heterocycles. The lowest BCUT2D eigenvalue weighted by atomic mass is 10.0. The number of nitrogens with one attached hydrogen (secondary N) is 1. The number of ether oxygens (including phenoxy) is 2. The van der Waals surface area contributed by atoms with Crippen molar-refractivity contribution in [1.29, 1.82) is 0 Å². The van der Waals surface area contributed by atoms with Crippen molar-refractivity contribution in [2.75, 3.05) is 18.4 Å². The van der Waals surface area contributed by atoms with E-state index >= 15 is 0 Å². The molecule has 5 rings (SSSR count). The molecule has 166 valence electrons. The summed E-state index contributed by atoms with van der Waals surface area (Å²) in [6.45, 7) is 2.35. The lowest BCUT2D eigenvalue weighted by Crippen LogP contribution is -2.58. The Bertz CT molecular complexity index is 1100. The van der Waals surface area contributed by atoms with Crippen LogP contribution in [0.5, 0.6) is 11.5 Å². The first-order valence-electron chi connectivity index (χ1n) is 10.2. The largest absolute Gasteiger partial charge is 0.487 e. The van der Waals surface area contributed by atoms with Crippen molar-refractivity contribution in [2.24, 2.45) is 5.10 Å². The van der Waals surface area contributed by atoms with E-state index in [9.17, 15) is 18.4 Å². The molecule has 1 fully saturated rings. The molecule has 1 unspecified atom stereocenters. The van der Waals surface area contributed by atoms with Crippen molar-refractivity contribution < 1.29 is 27.8 Å². The number of likely N-dealkylation sites (tertiary alicyclic amines) is 1. The first-order chi connectivity index (χ1) is 15.4. The van der Waals surface area contributed by atoms with Crippen molar-refractivity contribution in [3.63, 3.8) is 0 Å². The highest BCUT2D eigenvalue weighted by molar-refractivity contribution is 5.97. The quantitative estimate of drug-likeness (QED) is 0.791. The highest BCUT2D eigenvalue weighted by Crippen LogP contribution is 2.35. The Morgan fingerprint density at radius 2 is 1.94 bits per heavy atom. The minimum atomic E-state index is -0.696. The Morgan fingerprint density at radius 3 is 2.69 bits per heavy atom. The molecule has 2 atom stereocenters. The summed E-state index contributed by atoms with van der Waals surface area (Å²) in [6.07, 6.45) is 1.15. The van der Waals surface area contributed by atoms with Gasteiger partial charge < -0.3 is 19.7 Å². The van der Waals surface area contributed by atoms with Gasteiger partial charge in [-0.25, -0.2) is 18.6 Å². The van der Waals surface area contributed by atoms with Crippen LogP contribution in [-0.4, -0.2) is 53.4 Å². The lowest BCUT2D eigenvalue weighted by molar-refractivity contribution is -0.122. The summed E-state index contributed by atoms with van der Waals surface area (Å²) in [5.74, 6) is -0.502. The van der Waals surface area contributed by atoms with Crippen LogP contribution in [0.3, 0.4) is 0 Å². The lowest BCUT2D eigenvalue weighted by Gasteiger charge is -2.41. The van der Waals surface area contributed by atoms with Crippen LogP contribution in [-0.2, 0) is 4.79 Å². The fraction of sp³-hybridized carbons (Fsp3) is 0.318. The molecule has 1 saturated heterocycles. The van der Waals surface area contributed by atoms with Crippen molar-refractivity contribution in [3.8, 4) is 11.5 Å². The van der Waals surface area contributed by atoms with Crippen LogP contribution in [0.15, 0.2) is 41.5 Å². The Balaban J connectivity index is 1.20. The highest BCUT2D eigenvalue weighted by atomic mass is 19.1. The summed E-state index contributed by atoms with van der Waals surface area (Å²) in [6, 6.07) is 7.46. The molecule has 0 aromatic heterocycles. The topological polar surface area (TPSA) is 83.5 Å². The molecular formula is C22H20F2N4O4. The summed E-state index contributed by atoms with van der Waals surface area (Å²) in [5.41, 5.74) is 0.892. The molecule has 32 heavy (non-hydrogen) atoms. The highest BCUT2D eigenvalue weighted by Gasteiger charge is 2.39. The molecule has 1 N–H and O–H groups in total. The maximum Gasteiger partial charge on any atom is 0.341 e. The molecule has 8 nitrogen and oxygen atoms in total. The van der Waals surface area contributed by atoms with Crippen LogP contribution < -0.4 is 14.8 Å². The maximum atomic E-state index is 13.6. The number of nitrogens with zero attached hydrogens (tertiary/aromatic N) is 3. The molecule has 10 heteroatoms. The van der Waals surface area contributed by atoms with Crippen molar-refractivity contribution in [1.82, 2.24) is 9.91 Å². The first kappa shape index (κ1) is 20.2. The summed E-state index contributed by atoms with van der Waals surface area (Å²) in [7, 11) is 0.